The molecule has 94 valence electrons. The minimum absolute atomic E-state index is 0.447. The van der Waals surface area contributed by atoms with Crippen LogP contribution in [0.4, 0.5) is 0 Å². The van der Waals surface area contributed by atoms with E-state index in [2.05, 4.69) is 5.32 Å². The summed E-state index contributed by atoms with van der Waals surface area (Å²) in [7, 11) is 0. The number of rotatable bonds is 5. The van der Waals surface area contributed by atoms with Crippen LogP contribution in [0.15, 0.2) is 41.8 Å². The molecule has 18 heavy (non-hydrogen) atoms. The summed E-state index contributed by atoms with van der Waals surface area (Å²) >= 11 is 7.48. The maximum Gasteiger partial charge on any atom is 0.325 e. The molecule has 2 aromatic rings. The predicted octanol–water partition coefficient (Wildman–Crippen LogP) is 3.32. The third-order valence-electron chi connectivity index (χ3n) is 2.54. The fourth-order valence-corrected chi connectivity index (χ4v) is 2.69. The maximum atomic E-state index is 11.3. The lowest BCUT2D eigenvalue weighted by atomic mass is 10.1. The van der Waals surface area contributed by atoms with Gasteiger partial charge in [-0.05, 0) is 17.0 Å². The molecule has 0 aliphatic heterocycles. The van der Waals surface area contributed by atoms with Gasteiger partial charge in [-0.15, -0.1) is 11.3 Å². The van der Waals surface area contributed by atoms with Crippen LogP contribution in [0.1, 0.15) is 16.5 Å². The number of carbonyl (C=O) groups is 1. The molecular formula is C13H12ClNO2S. The Kier molecular flexibility index (Phi) is 4.36. The van der Waals surface area contributed by atoms with Crippen LogP contribution in [-0.4, -0.2) is 11.1 Å². The third-order valence-corrected chi connectivity index (χ3v) is 3.92. The topological polar surface area (TPSA) is 49.3 Å². The number of carboxylic acids is 1. The largest absolute Gasteiger partial charge is 0.480 e. The lowest BCUT2D eigenvalue weighted by Gasteiger charge is -2.14. The Bertz CT molecular complexity index is 527. The van der Waals surface area contributed by atoms with Gasteiger partial charge >= 0.3 is 5.97 Å². The highest BCUT2D eigenvalue weighted by molar-refractivity contribution is 7.10. The molecule has 5 heteroatoms. The third kappa shape index (κ3) is 3.10. The van der Waals surface area contributed by atoms with E-state index in [1.54, 1.807) is 12.1 Å². The molecule has 1 aromatic heterocycles. The number of benzene rings is 1. The Hall–Kier alpha value is -1.36. The van der Waals surface area contributed by atoms with Crippen molar-refractivity contribution in [3.8, 4) is 0 Å². The van der Waals surface area contributed by atoms with Crippen molar-refractivity contribution >= 4 is 28.9 Å². The molecule has 0 bridgehead atoms. The molecule has 1 aromatic carbocycles. The highest BCUT2D eigenvalue weighted by Gasteiger charge is 2.19. The van der Waals surface area contributed by atoms with E-state index in [0.717, 1.165) is 10.4 Å². The number of carboxylic acid groups (broad SMARTS) is 1. The maximum absolute atomic E-state index is 11.3. The molecule has 0 saturated heterocycles. The second-order valence-electron chi connectivity index (χ2n) is 3.75. The van der Waals surface area contributed by atoms with Crippen LogP contribution in [-0.2, 0) is 11.3 Å². The Labute approximate surface area is 114 Å². The van der Waals surface area contributed by atoms with Crippen LogP contribution in [0, 0.1) is 0 Å². The molecule has 0 fully saturated rings. The highest BCUT2D eigenvalue weighted by atomic mass is 35.5. The average Bonchev–Trinajstić information content (AvgIpc) is 2.76. The van der Waals surface area contributed by atoms with Crippen molar-refractivity contribution in [2.24, 2.45) is 0 Å². The molecule has 0 spiro atoms. The van der Waals surface area contributed by atoms with Gasteiger partial charge in [0.15, 0.2) is 0 Å². The quantitative estimate of drug-likeness (QED) is 0.884. The highest BCUT2D eigenvalue weighted by Crippen LogP contribution is 2.23. The van der Waals surface area contributed by atoms with Crippen molar-refractivity contribution in [2.45, 2.75) is 12.6 Å². The molecule has 0 saturated carbocycles. The summed E-state index contributed by atoms with van der Waals surface area (Å²) in [5, 5.41) is 14.8. The standard InChI is InChI=1S/C13H12ClNO2S/c14-10-6-7-18-11(10)8-15-12(13(16)17)9-4-2-1-3-5-9/h1-7,12,15H,8H2,(H,16,17). The van der Waals surface area contributed by atoms with E-state index < -0.39 is 12.0 Å². The van der Waals surface area contributed by atoms with Crippen LogP contribution in [0.3, 0.4) is 0 Å². The summed E-state index contributed by atoms with van der Waals surface area (Å²) in [4.78, 5) is 12.2. The van der Waals surface area contributed by atoms with Crippen LogP contribution in [0.2, 0.25) is 5.02 Å². The van der Waals surface area contributed by atoms with Gasteiger partial charge in [0.2, 0.25) is 0 Å². The van der Waals surface area contributed by atoms with E-state index >= 15 is 0 Å². The molecule has 1 heterocycles. The summed E-state index contributed by atoms with van der Waals surface area (Å²) in [6, 6.07) is 10.2. The first-order valence-electron chi connectivity index (χ1n) is 5.41. The molecule has 0 amide bonds. The lowest BCUT2D eigenvalue weighted by molar-refractivity contribution is -0.139. The SMILES string of the molecule is O=C(O)C(NCc1sccc1Cl)c1ccccc1. The fourth-order valence-electron chi connectivity index (χ4n) is 1.64. The molecule has 0 aliphatic rings. The minimum Gasteiger partial charge on any atom is -0.480 e. The first-order valence-corrected chi connectivity index (χ1v) is 6.67. The number of thiophene rings is 1. The van der Waals surface area contributed by atoms with Gasteiger partial charge in [0.1, 0.15) is 6.04 Å². The van der Waals surface area contributed by atoms with Crippen molar-refractivity contribution < 1.29 is 9.90 Å². The van der Waals surface area contributed by atoms with Crippen molar-refractivity contribution in [1.29, 1.82) is 0 Å². The number of halogens is 1. The van der Waals surface area contributed by atoms with E-state index in [1.807, 2.05) is 29.6 Å². The Morgan fingerprint density at radius 3 is 2.61 bits per heavy atom. The zero-order chi connectivity index (χ0) is 13.0. The van der Waals surface area contributed by atoms with E-state index in [1.165, 1.54) is 11.3 Å². The average molecular weight is 282 g/mol. The monoisotopic (exact) mass is 281 g/mol. The van der Waals surface area contributed by atoms with Gasteiger partial charge in [0.25, 0.3) is 0 Å². The smallest absolute Gasteiger partial charge is 0.325 e. The van der Waals surface area contributed by atoms with Gasteiger partial charge in [-0.1, -0.05) is 41.9 Å². The molecular weight excluding hydrogens is 270 g/mol. The van der Waals surface area contributed by atoms with Gasteiger partial charge in [0, 0.05) is 11.4 Å². The lowest BCUT2D eigenvalue weighted by Crippen LogP contribution is -2.27. The molecule has 3 nitrogen and oxygen atoms in total. The van der Waals surface area contributed by atoms with Crippen LogP contribution in [0.5, 0.6) is 0 Å². The molecule has 0 radical (unpaired) electrons. The summed E-state index contributed by atoms with van der Waals surface area (Å²) in [6.07, 6.45) is 0. The Balaban J connectivity index is 2.09. The van der Waals surface area contributed by atoms with Gasteiger partial charge in [0.05, 0.1) is 5.02 Å². The number of aliphatic carboxylic acids is 1. The van der Waals surface area contributed by atoms with E-state index in [4.69, 9.17) is 11.6 Å². The zero-order valence-electron chi connectivity index (χ0n) is 9.47. The second kappa shape index (κ2) is 6.00. The molecule has 1 atom stereocenters. The van der Waals surface area contributed by atoms with Gasteiger partial charge in [-0.2, -0.15) is 0 Å². The van der Waals surface area contributed by atoms with Crippen molar-refractivity contribution in [1.82, 2.24) is 5.32 Å². The van der Waals surface area contributed by atoms with Crippen molar-refractivity contribution in [3.63, 3.8) is 0 Å². The van der Waals surface area contributed by atoms with E-state index in [-0.39, 0.29) is 0 Å². The summed E-state index contributed by atoms with van der Waals surface area (Å²) in [6.45, 7) is 0.447. The first kappa shape index (κ1) is 13.1. The van der Waals surface area contributed by atoms with Crippen LogP contribution >= 0.6 is 22.9 Å². The van der Waals surface area contributed by atoms with Gasteiger partial charge in [-0.25, -0.2) is 0 Å². The summed E-state index contributed by atoms with van der Waals surface area (Å²) in [5.41, 5.74) is 0.734. The van der Waals surface area contributed by atoms with E-state index in [0.29, 0.717) is 11.6 Å². The summed E-state index contributed by atoms with van der Waals surface area (Å²) < 4.78 is 0. The molecule has 2 rings (SSSR count). The van der Waals surface area contributed by atoms with E-state index in [9.17, 15) is 9.90 Å². The second-order valence-corrected chi connectivity index (χ2v) is 5.16. The zero-order valence-corrected chi connectivity index (χ0v) is 11.0. The number of hydrogen-bond acceptors (Lipinski definition) is 3. The minimum atomic E-state index is -0.895. The van der Waals surface area contributed by atoms with Gasteiger partial charge in [-0.3, -0.25) is 10.1 Å². The summed E-state index contributed by atoms with van der Waals surface area (Å²) in [5.74, 6) is -0.895. The predicted molar refractivity (Wildman–Crippen MR) is 73.0 cm³/mol. The Morgan fingerprint density at radius 1 is 1.33 bits per heavy atom. The van der Waals surface area contributed by atoms with Crippen LogP contribution < -0.4 is 5.32 Å². The Morgan fingerprint density at radius 2 is 2.06 bits per heavy atom. The molecule has 0 aliphatic carbocycles. The van der Waals surface area contributed by atoms with Gasteiger partial charge < -0.3 is 5.11 Å². The molecule has 1 unspecified atom stereocenters. The van der Waals surface area contributed by atoms with Crippen molar-refractivity contribution in [3.05, 3.63) is 57.2 Å². The number of hydrogen-bond donors (Lipinski definition) is 2. The molecule has 2 N–H and O–H groups in total. The van der Waals surface area contributed by atoms with Crippen molar-refractivity contribution in [2.75, 3.05) is 0 Å². The fraction of sp³-hybridized carbons (Fsp3) is 0.154. The van der Waals surface area contributed by atoms with Crippen LogP contribution in [0.25, 0.3) is 0 Å². The normalized spacial score (nSPS) is 12.3. The first-order chi connectivity index (χ1) is 8.68. The number of nitrogens with one attached hydrogen (secondary N) is 1.